The monoisotopic (exact) mass is 204 g/mol. The molecule has 2 rings (SSSR count). The molecule has 0 spiro atoms. The van der Waals surface area contributed by atoms with Crippen molar-refractivity contribution in [3.05, 3.63) is 71.3 Å². The van der Waals surface area contributed by atoms with Crippen molar-refractivity contribution in [3.63, 3.8) is 0 Å². The summed E-state index contributed by atoms with van der Waals surface area (Å²) in [5, 5.41) is 0. The molecule has 0 saturated heterocycles. The third kappa shape index (κ3) is 2.40. The molecule has 0 amide bonds. The van der Waals surface area contributed by atoms with Crippen LogP contribution in [0.1, 0.15) is 11.1 Å². The average molecular weight is 204 g/mol. The van der Waals surface area contributed by atoms with Crippen LogP contribution in [-0.4, -0.2) is 0 Å². The summed E-state index contributed by atoms with van der Waals surface area (Å²) in [6.07, 6.45) is 0.623. The van der Waals surface area contributed by atoms with Crippen LogP contribution in [0.25, 0.3) is 0 Å². The summed E-state index contributed by atoms with van der Waals surface area (Å²) < 4.78 is 25.6. The highest BCUT2D eigenvalue weighted by Gasteiger charge is 2.02. The van der Waals surface area contributed by atoms with Gasteiger partial charge in [-0.05, 0) is 29.7 Å². The van der Waals surface area contributed by atoms with Crippen LogP contribution in [0.3, 0.4) is 0 Å². The standard InChI is InChI=1S/C13H10F2/c14-12-7-6-11(9-13(12)15)8-10-4-2-1-3-5-10/h1-7,9H,8H2. The Morgan fingerprint density at radius 2 is 1.47 bits per heavy atom. The molecule has 76 valence electrons. The molecule has 0 atom stereocenters. The molecule has 0 heterocycles. The Balaban J connectivity index is 2.22. The quantitative estimate of drug-likeness (QED) is 0.701. The van der Waals surface area contributed by atoms with Crippen molar-refractivity contribution in [1.82, 2.24) is 0 Å². The number of hydrogen-bond donors (Lipinski definition) is 0. The zero-order valence-corrected chi connectivity index (χ0v) is 8.08. The van der Waals surface area contributed by atoms with E-state index in [0.29, 0.717) is 6.42 Å². The fourth-order valence-corrected chi connectivity index (χ4v) is 1.48. The summed E-state index contributed by atoms with van der Waals surface area (Å²) in [5.74, 6) is -1.59. The predicted molar refractivity (Wildman–Crippen MR) is 55.6 cm³/mol. The Bertz CT molecular complexity index is 449. The van der Waals surface area contributed by atoms with Gasteiger partial charge in [0.2, 0.25) is 0 Å². The van der Waals surface area contributed by atoms with Crippen molar-refractivity contribution in [2.45, 2.75) is 6.42 Å². The van der Waals surface area contributed by atoms with Crippen LogP contribution in [-0.2, 0) is 6.42 Å². The van der Waals surface area contributed by atoms with Crippen molar-refractivity contribution in [2.24, 2.45) is 0 Å². The van der Waals surface area contributed by atoms with Crippen LogP contribution < -0.4 is 0 Å². The first-order chi connectivity index (χ1) is 7.25. The number of hydrogen-bond acceptors (Lipinski definition) is 0. The zero-order chi connectivity index (χ0) is 10.7. The first-order valence-corrected chi connectivity index (χ1v) is 4.73. The van der Waals surface area contributed by atoms with Crippen molar-refractivity contribution in [1.29, 1.82) is 0 Å². The van der Waals surface area contributed by atoms with Gasteiger partial charge in [0.05, 0.1) is 0 Å². The highest BCUT2D eigenvalue weighted by Crippen LogP contribution is 2.12. The summed E-state index contributed by atoms with van der Waals surface area (Å²) in [4.78, 5) is 0. The molecular weight excluding hydrogens is 194 g/mol. The maximum Gasteiger partial charge on any atom is 0.159 e. The Morgan fingerprint density at radius 3 is 2.13 bits per heavy atom. The van der Waals surface area contributed by atoms with Gasteiger partial charge in [-0.15, -0.1) is 0 Å². The van der Waals surface area contributed by atoms with Gasteiger partial charge in [0, 0.05) is 0 Å². The Kier molecular flexibility index (Phi) is 2.77. The van der Waals surface area contributed by atoms with E-state index in [1.54, 1.807) is 6.07 Å². The molecule has 2 heteroatoms. The second-order valence-corrected chi connectivity index (χ2v) is 3.41. The van der Waals surface area contributed by atoms with Gasteiger partial charge in [-0.2, -0.15) is 0 Å². The summed E-state index contributed by atoms with van der Waals surface area (Å²) >= 11 is 0. The van der Waals surface area contributed by atoms with Gasteiger partial charge >= 0.3 is 0 Å². The molecule has 15 heavy (non-hydrogen) atoms. The molecule has 0 aliphatic heterocycles. The lowest BCUT2D eigenvalue weighted by Crippen LogP contribution is -1.91. The molecule has 0 aliphatic rings. The topological polar surface area (TPSA) is 0 Å². The van der Waals surface area contributed by atoms with Gasteiger partial charge in [-0.3, -0.25) is 0 Å². The smallest absolute Gasteiger partial charge is 0.159 e. The summed E-state index contributed by atoms with van der Waals surface area (Å²) in [6, 6.07) is 13.7. The van der Waals surface area contributed by atoms with E-state index < -0.39 is 11.6 Å². The van der Waals surface area contributed by atoms with E-state index in [-0.39, 0.29) is 0 Å². The van der Waals surface area contributed by atoms with Crippen LogP contribution in [0.15, 0.2) is 48.5 Å². The summed E-state index contributed by atoms with van der Waals surface area (Å²) in [5.41, 5.74) is 1.86. The van der Waals surface area contributed by atoms with Crippen LogP contribution in [0.4, 0.5) is 8.78 Å². The van der Waals surface area contributed by atoms with E-state index in [9.17, 15) is 8.78 Å². The van der Waals surface area contributed by atoms with Gasteiger partial charge in [0.15, 0.2) is 11.6 Å². The van der Waals surface area contributed by atoms with Crippen LogP contribution in [0, 0.1) is 11.6 Å². The van der Waals surface area contributed by atoms with Crippen LogP contribution >= 0.6 is 0 Å². The zero-order valence-electron chi connectivity index (χ0n) is 8.08. The van der Waals surface area contributed by atoms with Crippen LogP contribution in [0.5, 0.6) is 0 Å². The number of halogens is 2. The predicted octanol–water partition coefficient (Wildman–Crippen LogP) is 3.56. The minimum absolute atomic E-state index is 0.623. The van der Waals surface area contributed by atoms with E-state index in [1.165, 1.54) is 6.07 Å². The molecule has 0 aromatic heterocycles. The second-order valence-electron chi connectivity index (χ2n) is 3.41. The molecule has 2 aromatic carbocycles. The Morgan fingerprint density at radius 1 is 0.733 bits per heavy atom. The fraction of sp³-hybridized carbons (Fsp3) is 0.0769. The van der Waals surface area contributed by atoms with Crippen molar-refractivity contribution < 1.29 is 8.78 Å². The van der Waals surface area contributed by atoms with E-state index >= 15 is 0 Å². The van der Waals surface area contributed by atoms with Crippen molar-refractivity contribution in [3.8, 4) is 0 Å². The van der Waals surface area contributed by atoms with Gasteiger partial charge < -0.3 is 0 Å². The fourth-order valence-electron chi connectivity index (χ4n) is 1.48. The lowest BCUT2D eigenvalue weighted by atomic mass is 10.1. The molecule has 0 fully saturated rings. The molecule has 0 bridgehead atoms. The SMILES string of the molecule is Fc1ccc(Cc2ccccc2)cc1F. The molecule has 0 radical (unpaired) electrons. The summed E-state index contributed by atoms with van der Waals surface area (Å²) in [6.45, 7) is 0. The van der Waals surface area contributed by atoms with Gasteiger partial charge in [0.1, 0.15) is 0 Å². The van der Waals surface area contributed by atoms with E-state index in [2.05, 4.69) is 0 Å². The van der Waals surface area contributed by atoms with Crippen molar-refractivity contribution in [2.75, 3.05) is 0 Å². The van der Waals surface area contributed by atoms with Gasteiger partial charge in [-0.1, -0.05) is 36.4 Å². The third-order valence-corrected chi connectivity index (χ3v) is 2.24. The van der Waals surface area contributed by atoms with Crippen LogP contribution in [0.2, 0.25) is 0 Å². The van der Waals surface area contributed by atoms with Crippen molar-refractivity contribution >= 4 is 0 Å². The average Bonchev–Trinajstić information content (AvgIpc) is 2.25. The Labute approximate surface area is 87.2 Å². The van der Waals surface area contributed by atoms with E-state index in [4.69, 9.17) is 0 Å². The molecule has 0 unspecified atom stereocenters. The lowest BCUT2D eigenvalue weighted by Gasteiger charge is -2.02. The number of rotatable bonds is 2. The maximum absolute atomic E-state index is 12.9. The Hall–Kier alpha value is -1.70. The minimum atomic E-state index is -0.799. The highest BCUT2D eigenvalue weighted by molar-refractivity contribution is 5.26. The second kappa shape index (κ2) is 4.22. The lowest BCUT2D eigenvalue weighted by molar-refractivity contribution is 0.507. The molecular formula is C13H10F2. The summed E-state index contributed by atoms with van der Waals surface area (Å²) in [7, 11) is 0. The maximum atomic E-state index is 12.9. The number of benzene rings is 2. The first-order valence-electron chi connectivity index (χ1n) is 4.73. The molecule has 0 nitrogen and oxygen atoms in total. The molecule has 0 N–H and O–H groups in total. The van der Waals surface area contributed by atoms with Gasteiger partial charge in [0.25, 0.3) is 0 Å². The third-order valence-electron chi connectivity index (χ3n) is 2.24. The first kappa shape index (κ1) is 9.84. The minimum Gasteiger partial charge on any atom is -0.204 e. The molecule has 0 saturated carbocycles. The largest absolute Gasteiger partial charge is 0.204 e. The van der Waals surface area contributed by atoms with E-state index in [0.717, 1.165) is 17.2 Å². The normalized spacial score (nSPS) is 10.3. The van der Waals surface area contributed by atoms with Gasteiger partial charge in [-0.25, -0.2) is 8.78 Å². The van der Waals surface area contributed by atoms with E-state index in [1.807, 2.05) is 30.3 Å². The molecule has 2 aromatic rings. The highest BCUT2D eigenvalue weighted by atomic mass is 19.2. The molecule has 0 aliphatic carbocycles.